The van der Waals surface area contributed by atoms with Crippen molar-refractivity contribution in [1.29, 1.82) is 0 Å². The molecule has 4 rings (SSSR count). The number of amides is 1. The molecule has 0 saturated heterocycles. The minimum absolute atomic E-state index is 0.0752. The van der Waals surface area contributed by atoms with Crippen LogP contribution in [0.2, 0.25) is 5.02 Å². The van der Waals surface area contributed by atoms with Crippen LogP contribution >= 0.6 is 22.9 Å². The van der Waals surface area contributed by atoms with E-state index in [-0.39, 0.29) is 16.5 Å². The standard InChI is InChI=1S/C20H14ClN3O3S2/c21-14-8-10-16(11-9-14)29(26,27)24-15-5-3-4-13(12-15)19(25)23-20-22-17-6-1-2-7-18(17)28-20/h1-12,24H,(H,22,23,25). The summed E-state index contributed by atoms with van der Waals surface area (Å²) in [5, 5.41) is 3.67. The molecule has 6 nitrogen and oxygen atoms in total. The molecule has 0 unspecified atom stereocenters. The van der Waals surface area contributed by atoms with E-state index in [0.717, 1.165) is 10.2 Å². The first-order valence-corrected chi connectivity index (χ1v) is 11.1. The molecular weight excluding hydrogens is 430 g/mol. The highest BCUT2D eigenvalue weighted by molar-refractivity contribution is 7.92. The Hall–Kier alpha value is -2.94. The summed E-state index contributed by atoms with van der Waals surface area (Å²) in [5.41, 5.74) is 1.38. The number of nitrogens with zero attached hydrogens (tertiary/aromatic N) is 1. The number of carbonyl (C=O) groups is 1. The lowest BCUT2D eigenvalue weighted by Gasteiger charge is -2.09. The van der Waals surface area contributed by atoms with Crippen molar-refractivity contribution in [1.82, 2.24) is 4.98 Å². The van der Waals surface area contributed by atoms with Gasteiger partial charge in [0.05, 0.1) is 15.1 Å². The molecule has 1 amide bonds. The van der Waals surface area contributed by atoms with Crippen LogP contribution in [-0.2, 0) is 10.0 Å². The molecule has 0 aliphatic heterocycles. The quantitative estimate of drug-likeness (QED) is 0.454. The molecule has 0 aliphatic rings. The van der Waals surface area contributed by atoms with Gasteiger partial charge in [0.1, 0.15) is 0 Å². The Morgan fingerprint density at radius 3 is 2.48 bits per heavy atom. The van der Waals surface area contributed by atoms with Gasteiger partial charge in [-0.3, -0.25) is 14.8 Å². The van der Waals surface area contributed by atoms with Crippen molar-refractivity contribution >= 4 is 59.9 Å². The maximum absolute atomic E-state index is 12.6. The van der Waals surface area contributed by atoms with E-state index >= 15 is 0 Å². The summed E-state index contributed by atoms with van der Waals surface area (Å²) in [4.78, 5) is 17.0. The number of para-hydroxylation sites is 1. The van der Waals surface area contributed by atoms with Gasteiger partial charge in [0.15, 0.2) is 5.13 Å². The number of sulfonamides is 1. The summed E-state index contributed by atoms with van der Waals surface area (Å²) < 4.78 is 28.5. The van der Waals surface area contributed by atoms with Crippen molar-refractivity contribution < 1.29 is 13.2 Å². The lowest BCUT2D eigenvalue weighted by atomic mass is 10.2. The van der Waals surface area contributed by atoms with E-state index < -0.39 is 10.0 Å². The molecule has 0 saturated carbocycles. The number of anilines is 2. The van der Waals surface area contributed by atoms with E-state index in [1.54, 1.807) is 18.2 Å². The van der Waals surface area contributed by atoms with Crippen molar-refractivity contribution in [2.75, 3.05) is 10.0 Å². The molecule has 0 fully saturated rings. The van der Waals surface area contributed by atoms with E-state index in [4.69, 9.17) is 11.6 Å². The van der Waals surface area contributed by atoms with Crippen LogP contribution in [0.1, 0.15) is 10.4 Å². The number of halogens is 1. The van der Waals surface area contributed by atoms with Gasteiger partial charge in [-0.05, 0) is 54.6 Å². The number of fused-ring (bicyclic) bond motifs is 1. The van der Waals surface area contributed by atoms with Crippen LogP contribution < -0.4 is 10.0 Å². The van der Waals surface area contributed by atoms with E-state index in [2.05, 4.69) is 15.0 Å². The van der Waals surface area contributed by atoms with Crippen molar-refractivity contribution in [2.24, 2.45) is 0 Å². The summed E-state index contributed by atoms with van der Waals surface area (Å²) in [5.74, 6) is -0.378. The molecule has 1 aromatic heterocycles. The lowest BCUT2D eigenvalue weighted by molar-refractivity contribution is 0.102. The predicted octanol–water partition coefficient (Wildman–Crippen LogP) is 5.00. The van der Waals surface area contributed by atoms with Gasteiger partial charge in [-0.2, -0.15) is 0 Å². The van der Waals surface area contributed by atoms with Gasteiger partial charge in [0.25, 0.3) is 15.9 Å². The average Bonchev–Trinajstić information content (AvgIpc) is 3.10. The number of thiazole rings is 1. The Labute approximate surface area is 176 Å². The predicted molar refractivity (Wildman–Crippen MR) is 116 cm³/mol. The highest BCUT2D eigenvalue weighted by Gasteiger charge is 2.16. The number of hydrogen-bond acceptors (Lipinski definition) is 5. The molecule has 0 atom stereocenters. The van der Waals surface area contributed by atoms with Gasteiger partial charge in [-0.1, -0.05) is 41.1 Å². The monoisotopic (exact) mass is 443 g/mol. The van der Waals surface area contributed by atoms with Crippen LogP contribution in [0.5, 0.6) is 0 Å². The molecule has 2 N–H and O–H groups in total. The molecule has 9 heteroatoms. The third-order valence-corrected chi connectivity index (χ3v) is 6.62. The largest absolute Gasteiger partial charge is 0.298 e. The Morgan fingerprint density at radius 2 is 1.72 bits per heavy atom. The molecule has 1 heterocycles. The summed E-state index contributed by atoms with van der Waals surface area (Å²) >= 11 is 7.17. The first-order valence-electron chi connectivity index (χ1n) is 8.46. The number of benzene rings is 3. The Bertz CT molecular complexity index is 1270. The van der Waals surface area contributed by atoms with E-state index in [9.17, 15) is 13.2 Å². The van der Waals surface area contributed by atoms with Crippen LogP contribution in [0, 0.1) is 0 Å². The van der Waals surface area contributed by atoms with Crippen LogP contribution in [0.25, 0.3) is 10.2 Å². The fourth-order valence-electron chi connectivity index (χ4n) is 2.65. The maximum atomic E-state index is 12.6. The van der Waals surface area contributed by atoms with Gasteiger partial charge in [0.2, 0.25) is 0 Å². The first-order chi connectivity index (χ1) is 13.9. The first kappa shape index (κ1) is 19.4. The zero-order valence-corrected chi connectivity index (χ0v) is 17.2. The molecule has 0 radical (unpaired) electrons. The van der Waals surface area contributed by atoms with Gasteiger partial charge in [-0.15, -0.1) is 0 Å². The SMILES string of the molecule is O=C(Nc1nc2ccccc2s1)c1cccc(NS(=O)(=O)c2ccc(Cl)cc2)c1. The van der Waals surface area contributed by atoms with E-state index in [0.29, 0.717) is 15.7 Å². The van der Waals surface area contributed by atoms with Crippen molar-refractivity contribution in [3.8, 4) is 0 Å². The number of carbonyl (C=O) groups excluding carboxylic acids is 1. The topological polar surface area (TPSA) is 88.2 Å². The fraction of sp³-hybridized carbons (Fsp3) is 0. The lowest BCUT2D eigenvalue weighted by Crippen LogP contribution is -2.15. The average molecular weight is 444 g/mol. The third-order valence-electron chi connectivity index (χ3n) is 4.02. The molecule has 0 spiro atoms. The summed E-state index contributed by atoms with van der Waals surface area (Å²) in [7, 11) is -3.80. The second kappa shape index (κ2) is 7.82. The van der Waals surface area contributed by atoms with Crippen molar-refractivity contribution in [2.45, 2.75) is 4.90 Å². The highest BCUT2D eigenvalue weighted by Crippen LogP contribution is 2.26. The maximum Gasteiger partial charge on any atom is 0.261 e. The third kappa shape index (κ3) is 4.40. The Kier molecular flexibility index (Phi) is 5.23. The smallest absolute Gasteiger partial charge is 0.261 e. The fourth-order valence-corrected chi connectivity index (χ4v) is 4.68. The highest BCUT2D eigenvalue weighted by atomic mass is 35.5. The molecule has 0 aliphatic carbocycles. The van der Waals surface area contributed by atoms with Gasteiger partial charge in [-0.25, -0.2) is 13.4 Å². The molecular formula is C20H14ClN3O3S2. The van der Waals surface area contributed by atoms with Crippen LogP contribution in [0.3, 0.4) is 0 Å². The molecule has 0 bridgehead atoms. The van der Waals surface area contributed by atoms with Crippen molar-refractivity contribution in [3.05, 3.63) is 83.4 Å². The Balaban J connectivity index is 1.53. The van der Waals surface area contributed by atoms with Crippen LogP contribution in [-0.4, -0.2) is 19.3 Å². The van der Waals surface area contributed by atoms with Crippen molar-refractivity contribution in [3.63, 3.8) is 0 Å². The summed E-state index contributed by atoms with van der Waals surface area (Å²) in [6, 6.07) is 19.6. The molecule has 3 aromatic carbocycles. The Morgan fingerprint density at radius 1 is 0.966 bits per heavy atom. The number of nitrogens with one attached hydrogen (secondary N) is 2. The molecule has 29 heavy (non-hydrogen) atoms. The van der Waals surface area contributed by atoms with E-state index in [1.807, 2.05) is 24.3 Å². The molecule has 146 valence electrons. The summed E-state index contributed by atoms with van der Waals surface area (Å²) in [6.07, 6.45) is 0. The number of hydrogen-bond donors (Lipinski definition) is 2. The molecule has 4 aromatic rings. The van der Waals surface area contributed by atoms with Crippen LogP contribution in [0.4, 0.5) is 10.8 Å². The second-order valence-electron chi connectivity index (χ2n) is 6.08. The second-order valence-corrected chi connectivity index (χ2v) is 9.23. The van der Waals surface area contributed by atoms with Gasteiger partial charge in [0, 0.05) is 16.3 Å². The minimum Gasteiger partial charge on any atom is -0.298 e. The van der Waals surface area contributed by atoms with E-state index in [1.165, 1.54) is 41.7 Å². The van der Waals surface area contributed by atoms with Crippen LogP contribution in [0.15, 0.2) is 77.7 Å². The van der Waals surface area contributed by atoms with Gasteiger partial charge < -0.3 is 0 Å². The minimum atomic E-state index is -3.80. The number of rotatable bonds is 5. The zero-order valence-electron chi connectivity index (χ0n) is 14.8. The van der Waals surface area contributed by atoms with Gasteiger partial charge >= 0.3 is 0 Å². The normalized spacial score (nSPS) is 11.3. The number of aromatic nitrogens is 1. The summed E-state index contributed by atoms with van der Waals surface area (Å²) in [6.45, 7) is 0. The zero-order chi connectivity index (χ0) is 20.4.